The molecular formula is C20H19Cl2N7O2. The van der Waals surface area contributed by atoms with E-state index in [1.165, 1.54) is 4.68 Å². The minimum atomic E-state index is -0.349. The summed E-state index contributed by atoms with van der Waals surface area (Å²) in [4.78, 5) is 12.5. The third kappa shape index (κ3) is 5.07. The topological polar surface area (TPSA) is 91.8 Å². The highest BCUT2D eigenvalue weighted by Crippen LogP contribution is 2.31. The van der Waals surface area contributed by atoms with E-state index in [0.717, 1.165) is 12.1 Å². The highest BCUT2D eigenvalue weighted by atomic mass is 35.5. The summed E-state index contributed by atoms with van der Waals surface area (Å²) in [5, 5.41) is 16.3. The third-order valence-corrected chi connectivity index (χ3v) is 5.19. The molecule has 0 fully saturated rings. The van der Waals surface area contributed by atoms with E-state index in [-0.39, 0.29) is 18.3 Å². The molecule has 0 saturated heterocycles. The summed E-state index contributed by atoms with van der Waals surface area (Å²) in [6, 6.07) is 6.72. The van der Waals surface area contributed by atoms with Crippen molar-refractivity contribution in [2.75, 3.05) is 5.32 Å². The van der Waals surface area contributed by atoms with E-state index in [1.54, 1.807) is 53.7 Å². The van der Waals surface area contributed by atoms with Crippen molar-refractivity contribution in [3.63, 3.8) is 0 Å². The van der Waals surface area contributed by atoms with Crippen LogP contribution in [0, 0.1) is 0 Å². The smallest absolute Gasteiger partial charge is 0.276 e. The normalized spacial score (nSPS) is 10.9. The summed E-state index contributed by atoms with van der Waals surface area (Å²) in [7, 11) is 0. The van der Waals surface area contributed by atoms with E-state index < -0.39 is 0 Å². The van der Waals surface area contributed by atoms with Crippen molar-refractivity contribution >= 4 is 34.8 Å². The van der Waals surface area contributed by atoms with Crippen LogP contribution in [0.4, 0.5) is 5.69 Å². The van der Waals surface area contributed by atoms with Gasteiger partial charge in [-0.2, -0.15) is 15.3 Å². The van der Waals surface area contributed by atoms with E-state index in [4.69, 9.17) is 27.9 Å². The zero-order valence-electron chi connectivity index (χ0n) is 16.6. The Morgan fingerprint density at radius 1 is 1.10 bits per heavy atom. The van der Waals surface area contributed by atoms with Gasteiger partial charge in [0.05, 0.1) is 29.6 Å². The number of carbonyl (C=O) groups is 1. The number of amides is 1. The Kier molecular flexibility index (Phi) is 6.24. The van der Waals surface area contributed by atoms with Gasteiger partial charge in [0.1, 0.15) is 10.8 Å². The van der Waals surface area contributed by atoms with Crippen LogP contribution in [0.5, 0.6) is 5.75 Å². The van der Waals surface area contributed by atoms with Gasteiger partial charge in [-0.3, -0.25) is 14.2 Å². The predicted molar refractivity (Wildman–Crippen MR) is 117 cm³/mol. The van der Waals surface area contributed by atoms with Crippen molar-refractivity contribution in [1.29, 1.82) is 0 Å². The lowest BCUT2D eigenvalue weighted by Crippen LogP contribution is -2.14. The van der Waals surface area contributed by atoms with Crippen LogP contribution in [0.15, 0.2) is 55.2 Å². The Hall–Kier alpha value is -3.30. The van der Waals surface area contributed by atoms with Crippen LogP contribution >= 0.6 is 23.2 Å². The Balaban J connectivity index is 1.33. The van der Waals surface area contributed by atoms with Crippen LogP contribution < -0.4 is 10.1 Å². The van der Waals surface area contributed by atoms with Gasteiger partial charge in [0.25, 0.3) is 5.91 Å². The number of aromatic nitrogens is 6. The van der Waals surface area contributed by atoms with Crippen molar-refractivity contribution < 1.29 is 9.53 Å². The fraction of sp³-hybridized carbons (Fsp3) is 0.200. The Morgan fingerprint density at radius 2 is 1.94 bits per heavy atom. The zero-order chi connectivity index (χ0) is 21.8. The van der Waals surface area contributed by atoms with E-state index in [2.05, 4.69) is 20.6 Å². The van der Waals surface area contributed by atoms with Crippen LogP contribution in [-0.4, -0.2) is 35.2 Å². The Bertz CT molecular complexity index is 1200. The molecule has 160 valence electrons. The van der Waals surface area contributed by atoms with Crippen molar-refractivity contribution in [3.8, 4) is 5.75 Å². The highest BCUT2D eigenvalue weighted by molar-refractivity contribution is 6.42. The molecule has 0 saturated carbocycles. The second-order valence-corrected chi connectivity index (χ2v) is 7.44. The fourth-order valence-electron chi connectivity index (χ4n) is 2.84. The van der Waals surface area contributed by atoms with Crippen LogP contribution in [-0.2, 0) is 19.8 Å². The summed E-state index contributed by atoms with van der Waals surface area (Å²) in [5.41, 5.74) is 1.85. The first-order chi connectivity index (χ1) is 15.0. The lowest BCUT2D eigenvalue weighted by Gasteiger charge is -2.08. The van der Waals surface area contributed by atoms with E-state index in [0.29, 0.717) is 28.0 Å². The van der Waals surface area contributed by atoms with Crippen LogP contribution in [0.3, 0.4) is 0 Å². The van der Waals surface area contributed by atoms with Gasteiger partial charge in [0.2, 0.25) is 0 Å². The number of rotatable bonds is 8. The average molecular weight is 460 g/mol. The van der Waals surface area contributed by atoms with E-state index in [9.17, 15) is 4.79 Å². The number of halogens is 2. The molecule has 4 rings (SSSR count). The van der Waals surface area contributed by atoms with Crippen molar-refractivity contribution in [3.05, 3.63) is 76.6 Å². The molecule has 1 amide bonds. The molecule has 1 N–H and O–H groups in total. The lowest BCUT2D eigenvalue weighted by molar-refractivity contribution is 0.102. The molecule has 0 aliphatic rings. The number of ether oxygens (including phenoxy) is 1. The van der Waals surface area contributed by atoms with Gasteiger partial charge in [-0.05, 0) is 25.1 Å². The minimum absolute atomic E-state index is 0.0801. The molecule has 0 spiro atoms. The molecule has 31 heavy (non-hydrogen) atoms. The number of hydrogen-bond acceptors (Lipinski definition) is 5. The number of carbonyl (C=O) groups excluding carboxylic acids is 1. The molecule has 0 aliphatic carbocycles. The molecule has 0 radical (unpaired) electrons. The van der Waals surface area contributed by atoms with E-state index >= 15 is 0 Å². The molecule has 9 nitrogen and oxygen atoms in total. The second-order valence-electron chi connectivity index (χ2n) is 6.65. The molecule has 3 aromatic heterocycles. The maximum absolute atomic E-state index is 12.5. The van der Waals surface area contributed by atoms with Crippen molar-refractivity contribution in [2.24, 2.45) is 0 Å². The molecule has 0 atom stereocenters. The van der Waals surface area contributed by atoms with Gasteiger partial charge >= 0.3 is 0 Å². The monoisotopic (exact) mass is 459 g/mol. The van der Waals surface area contributed by atoms with Crippen molar-refractivity contribution in [2.45, 2.75) is 26.7 Å². The summed E-state index contributed by atoms with van der Waals surface area (Å²) >= 11 is 12.1. The maximum Gasteiger partial charge on any atom is 0.276 e. The standard InChI is InChI=1S/C20H19Cl2N7O2/c1-2-27-10-14(8-23-27)11-29-12-15(9-24-29)25-20(30)17-6-7-28(26-17)13-31-18-5-3-4-16(21)19(18)22/h3-10,12H,2,11,13H2,1H3,(H,25,30). The van der Waals surface area contributed by atoms with Crippen molar-refractivity contribution in [1.82, 2.24) is 29.3 Å². The molecule has 0 unspecified atom stereocenters. The number of aryl methyl sites for hydroxylation is 1. The average Bonchev–Trinajstić information content (AvgIpc) is 3.51. The van der Waals surface area contributed by atoms with Gasteiger partial charge in [0.15, 0.2) is 12.4 Å². The fourth-order valence-corrected chi connectivity index (χ4v) is 3.19. The summed E-state index contributed by atoms with van der Waals surface area (Å²) in [6.07, 6.45) is 8.74. The molecule has 3 heterocycles. The third-order valence-electron chi connectivity index (χ3n) is 4.39. The van der Waals surface area contributed by atoms with Gasteiger partial charge in [-0.1, -0.05) is 29.3 Å². The summed E-state index contributed by atoms with van der Waals surface area (Å²) in [5.74, 6) is 0.0884. The molecular weight excluding hydrogens is 441 g/mol. The van der Waals surface area contributed by atoms with Crippen LogP contribution in [0.2, 0.25) is 10.0 Å². The van der Waals surface area contributed by atoms with Gasteiger partial charge in [-0.15, -0.1) is 0 Å². The van der Waals surface area contributed by atoms with Gasteiger partial charge in [-0.25, -0.2) is 4.68 Å². The van der Waals surface area contributed by atoms with Gasteiger partial charge in [0, 0.05) is 30.7 Å². The largest absolute Gasteiger partial charge is 0.470 e. The maximum atomic E-state index is 12.5. The number of nitrogens with one attached hydrogen (secondary N) is 1. The molecule has 11 heteroatoms. The quantitative estimate of drug-likeness (QED) is 0.430. The summed E-state index contributed by atoms with van der Waals surface area (Å²) in [6.45, 7) is 3.48. The molecule has 1 aromatic carbocycles. The minimum Gasteiger partial charge on any atom is -0.470 e. The first-order valence-electron chi connectivity index (χ1n) is 9.47. The number of hydrogen-bond donors (Lipinski definition) is 1. The number of benzene rings is 1. The first-order valence-corrected chi connectivity index (χ1v) is 10.2. The second kappa shape index (κ2) is 9.23. The first kappa shape index (κ1) is 21.0. The number of anilines is 1. The lowest BCUT2D eigenvalue weighted by atomic mass is 10.3. The number of nitrogens with zero attached hydrogens (tertiary/aromatic N) is 6. The van der Waals surface area contributed by atoms with E-state index in [1.807, 2.05) is 17.8 Å². The highest BCUT2D eigenvalue weighted by Gasteiger charge is 2.12. The molecule has 0 aliphatic heterocycles. The van der Waals surface area contributed by atoms with Gasteiger partial charge < -0.3 is 10.1 Å². The van der Waals surface area contributed by atoms with Crippen LogP contribution in [0.1, 0.15) is 23.0 Å². The Morgan fingerprint density at radius 3 is 2.74 bits per heavy atom. The predicted octanol–water partition coefficient (Wildman–Crippen LogP) is 3.94. The van der Waals surface area contributed by atoms with Crippen LogP contribution in [0.25, 0.3) is 0 Å². The molecule has 4 aromatic rings. The molecule has 0 bridgehead atoms. The SMILES string of the molecule is CCn1cc(Cn2cc(NC(=O)c3ccn(COc4cccc(Cl)c4Cl)n3)cn2)cn1. The Labute approximate surface area is 188 Å². The summed E-state index contributed by atoms with van der Waals surface area (Å²) < 4.78 is 10.7. The zero-order valence-corrected chi connectivity index (χ0v) is 18.1.